The Bertz CT molecular complexity index is 199. The normalized spacial score (nSPS) is 12.8. The Morgan fingerprint density at radius 2 is 1.94 bits per heavy atom. The molecule has 0 fully saturated rings. The molecule has 1 amide bonds. The van der Waals surface area contributed by atoms with Crippen LogP contribution in [0.2, 0.25) is 0 Å². The highest BCUT2D eigenvalue weighted by Crippen LogP contribution is 1.99. The number of nitrogens with two attached hydrogens (primary N) is 1. The fourth-order valence-electron chi connectivity index (χ4n) is 1.23. The number of amides is 1. The minimum Gasteiger partial charge on any atom is -0.351 e. The van der Waals surface area contributed by atoms with E-state index in [9.17, 15) is 4.79 Å². The van der Waals surface area contributed by atoms with Crippen LogP contribution >= 0.6 is 11.8 Å². The Morgan fingerprint density at radius 3 is 2.41 bits per heavy atom. The molecule has 0 aromatic rings. The Morgan fingerprint density at radius 1 is 1.35 bits per heavy atom. The van der Waals surface area contributed by atoms with Gasteiger partial charge in [0, 0.05) is 13.2 Å². The standard InChI is InChI=1S/C11H24N2O3S/c1-4-15-10(16-5-2)8-13-11(14)9(12)6-7-17-3/h9-10H,4-8,12H2,1-3H3,(H,13,14)/t9-/m0/s1. The Balaban J connectivity index is 3.85. The second kappa shape index (κ2) is 10.8. The van der Waals surface area contributed by atoms with Gasteiger partial charge in [-0.1, -0.05) is 0 Å². The molecular formula is C11H24N2O3S. The van der Waals surface area contributed by atoms with Gasteiger partial charge in [-0.25, -0.2) is 0 Å². The van der Waals surface area contributed by atoms with Crippen molar-refractivity contribution in [2.75, 3.05) is 31.8 Å². The summed E-state index contributed by atoms with van der Waals surface area (Å²) in [7, 11) is 0. The summed E-state index contributed by atoms with van der Waals surface area (Å²) >= 11 is 1.68. The van der Waals surface area contributed by atoms with Crippen molar-refractivity contribution >= 4 is 17.7 Å². The fourth-order valence-corrected chi connectivity index (χ4v) is 1.72. The number of nitrogens with one attached hydrogen (secondary N) is 1. The largest absolute Gasteiger partial charge is 0.351 e. The molecule has 0 aliphatic heterocycles. The smallest absolute Gasteiger partial charge is 0.237 e. The van der Waals surface area contributed by atoms with Crippen LogP contribution in [-0.2, 0) is 14.3 Å². The van der Waals surface area contributed by atoms with E-state index in [1.807, 2.05) is 20.1 Å². The quantitative estimate of drug-likeness (QED) is 0.565. The molecule has 0 rings (SSSR count). The SMILES string of the molecule is CCOC(CNC(=O)[C@@H](N)CCSC)OCC. The van der Waals surface area contributed by atoms with Gasteiger partial charge in [0.25, 0.3) is 0 Å². The van der Waals surface area contributed by atoms with E-state index < -0.39 is 6.04 Å². The zero-order chi connectivity index (χ0) is 13.1. The van der Waals surface area contributed by atoms with Gasteiger partial charge in [0.05, 0.1) is 12.6 Å². The van der Waals surface area contributed by atoms with Crippen molar-refractivity contribution in [2.24, 2.45) is 5.73 Å². The summed E-state index contributed by atoms with van der Waals surface area (Å²) in [5.74, 6) is 0.734. The number of carbonyl (C=O) groups excluding carboxylic acids is 1. The molecule has 0 unspecified atom stereocenters. The van der Waals surface area contributed by atoms with Gasteiger partial charge < -0.3 is 20.5 Å². The Kier molecular flexibility index (Phi) is 10.6. The van der Waals surface area contributed by atoms with E-state index in [0.29, 0.717) is 26.2 Å². The first kappa shape index (κ1) is 16.7. The Hall–Kier alpha value is -0.300. The molecule has 0 aliphatic rings. The number of hydrogen-bond donors (Lipinski definition) is 2. The highest BCUT2D eigenvalue weighted by atomic mass is 32.2. The van der Waals surface area contributed by atoms with Crippen LogP contribution in [0.15, 0.2) is 0 Å². The van der Waals surface area contributed by atoms with Crippen molar-refractivity contribution < 1.29 is 14.3 Å². The zero-order valence-electron chi connectivity index (χ0n) is 10.9. The lowest BCUT2D eigenvalue weighted by Gasteiger charge is -2.18. The van der Waals surface area contributed by atoms with Gasteiger partial charge >= 0.3 is 0 Å². The lowest BCUT2D eigenvalue weighted by atomic mass is 10.2. The third-order valence-electron chi connectivity index (χ3n) is 2.12. The summed E-state index contributed by atoms with van der Waals surface area (Å²) in [6, 6.07) is -0.452. The molecule has 0 aromatic heterocycles. The summed E-state index contributed by atoms with van der Waals surface area (Å²) in [6.45, 7) is 5.22. The molecule has 0 heterocycles. The van der Waals surface area contributed by atoms with Crippen molar-refractivity contribution in [1.29, 1.82) is 0 Å². The van der Waals surface area contributed by atoms with Gasteiger partial charge in [0.15, 0.2) is 6.29 Å². The van der Waals surface area contributed by atoms with Crippen LogP contribution in [0.4, 0.5) is 0 Å². The molecule has 0 saturated heterocycles. The minimum absolute atomic E-state index is 0.150. The lowest BCUT2D eigenvalue weighted by molar-refractivity contribution is -0.141. The average molecular weight is 264 g/mol. The molecule has 6 heteroatoms. The summed E-state index contributed by atoms with van der Waals surface area (Å²) in [6.07, 6.45) is 2.29. The maximum atomic E-state index is 11.6. The van der Waals surface area contributed by atoms with E-state index in [2.05, 4.69) is 5.32 Å². The third kappa shape index (κ3) is 8.43. The first-order valence-corrected chi connectivity index (χ1v) is 7.30. The van der Waals surface area contributed by atoms with Crippen LogP contribution in [0, 0.1) is 0 Å². The van der Waals surface area contributed by atoms with E-state index >= 15 is 0 Å². The van der Waals surface area contributed by atoms with Gasteiger partial charge in [-0.15, -0.1) is 0 Å². The number of thioether (sulfide) groups is 1. The van der Waals surface area contributed by atoms with Gasteiger partial charge in [-0.2, -0.15) is 11.8 Å². The second-order valence-corrected chi connectivity index (χ2v) is 4.46. The molecule has 0 spiro atoms. The van der Waals surface area contributed by atoms with Crippen molar-refractivity contribution in [3.05, 3.63) is 0 Å². The first-order chi connectivity index (χ1) is 8.15. The maximum absolute atomic E-state index is 11.6. The van der Waals surface area contributed by atoms with E-state index in [1.165, 1.54) is 0 Å². The minimum atomic E-state index is -0.452. The molecule has 102 valence electrons. The highest BCUT2D eigenvalue weighted by molar-refractivity contribution is 7.98. The van der Waals surface area contributed by atoms with E-state index in [4.69, 9.17) is 15.2 Å². The van der Waals surface area contributed by atoms with Crippen LogP contribution in [-0.4, -0.2) is 50.0 Å². The predicted molar refractivity (Wildman–Crippen MR) is 71.0 cm³/mol. The summed E-state index contributed by atoms with van der Waals surface area (Å²) in [5.41, 5.74) is 5.73. The number of carbonyl (C=O) groups is 1. The van der Waals surface area contributed by atoms with Crippen LogP contribution in [0.5, 0.6) is 0 Å². The van der Waals surface area contributed by atoms with E-state index in [1.54, 1.807) is 11.8 Å². The molecule has 0 aliphatic carbocycles. The van der Waals surface area contributed by atoms with Crippen LogP contribution < -0.4 is 11.1 Å². The van der Waals surface area contributed by atoms with Crippen LogP contribution in [0.25, 0.3) is 0 Å². The molecule has 1 atom stereocenters. The Labute approximate surface area is 108 Å². The van der Waals surface area contributed by atoms with Crippen LogP contribution in [0.3, 0.4) is 0 Å². The number of ether oxygens (including phenoxy) is 2. The molecule has 0 saturated carbocycles. The number of hydrogen-bond acceptors (Lipinski definition) is 5. The molecule has 0 radical (unpaired) electrons. The monoisotopic (exact) mass is 264 g/mol. The van der Waals surface area contributed by atoms with E-state index in [-0.39, 0.29) is 12.2 Å². The molecule has 0 aromatic carbocycles. The van der Waals surface area contributed by atoms with Crippen molar-refractivity contribution in [2.45, 2.75) is 32.6 Å². The summed E-state index contributed by atoms with van der Waals surface area (Å²) in [4.78, 5) is 11.6. The topological polar surface area (TPSA) is 73.6 Å². The lowest BCUT2D eigenvalue weighted by Crippen LogP contribution is -2.44. The maximum Gasteiger partial charge on any atom is 0.237 e. The van der Waals surface area contributed by atoms with Crippen molar-refractivity contribution in [3.63, 3.8) is 0 Å². The van der Waals surface area contributed by atoms with Crippen LogP contribution in [0.1, 0.15) is 20.3 Å². The number of rotatable bonds is 10. The van der Waals surface area contributed by atoms with Gasteiger partial charge in [0.2, 0.25) is 5.91 Å². The second-order valence-electron chi connectivity index (χ2n) is 3.47. The van der Waals surface area contributed by atoms with E-state index in [0.717, 1.165) is 5.75 Å². The van der Waals surface area contributed by atoms with Gasteiger partial charge in [-0.3, -0.25) is 4.79 Å². The predicted octanol–water partition coefficient (Wildman–Crippen LogP) is 0.582. The van der Waals surface area contributed by atoms with Crippen molar-refractivity contribution in [1.82, 2.24) is 5.32 Å². The average Bonchev–Trinajstić information content (AvgIpc) is 2.33. The first-order valence-electron chi connectivity index (χ1n) is 5.91. The third-order valence-corrected chi connectivity index (χ3v) is 2.76. The molecular weight excluding hydrogens is 240 g/mol. The molecule has 17 heavy (non-hydrogen) atoms. The van der Waals surface area contributed by atoms with Gasteiger partial charge in [0.1, 0.15) is 0 Å². The zero-order valence-corrected chi connectivity index (χ0v) is 11.7. The molecule has 5 nitrogen and oxygen atoms in total. The molecule has 3 N–H and O–H groups in total. The fraction of sp³-hybridized carbons (Fsp3) is 0.909. The molecule has 0 bridgehead atoms. The summed E-state index contributed by atoms with van der Waals surface area (Å²) < 4.78 is 10.6. The summed E-state index contributed by atoms with van der Waals surface area (Å²) in [5, 5.41) is 2.74. The van der Waals surface area contributed by atoms with Gasteiger partial charge in [-0.05, 0) is 32.3 Å². The van der Waals surface area contributed by atoms with Crippen molar-refractivity contribution in [3.8, 4) is 0 Å². The highest BCUT2D eigenvalue weighted by Gasteiger charge is 2.15.